The van der Waals surface area contributed by atoms with Gasteiger partial charge in [0.15, 0.2) is 18.0 Å². The number of fused-ring (bicyclic) bond motifs is 1. The Morgan fingerprint density at radius 2 is 1.97 bits per heavy atom. The Kier molecular flexibility index (Phi) is 5.33. The number of ether oxygens (including phenoxy) is 2. The van der Waals surface area contributed by atoms with Crippen molar-refractivity contribution in [2.45, 2.75) is 31.4 Å². The SMILES string of the molecule is C[C@](C#N)(NC(=O)C[NH+]1CCN(C(=O)[C@H]2COc3ccccc3O2)CC1)C1CC1. The van der Waals surface area contributed by atoms with Crippen LogP contribution in [0.3, 0.4) is 0 Å². The van der Waals surface area contributed by atoms with Crippen LogP contribution in [-0.4, -0.2) is 67.7 Å². The third-order valence-electron chi connectivity index (χ3n) is 6.00. The fraction of sp³-hybridized carbons (Fsp3) is 0.571. The molecule has 29 heavy (non-hydrogen) atoms. The molecule has 2 atom stereocenters. The standard InChI is InChI=1S/C21H26N4O4/c1-21(14-22,15-6-7-15)23-19(26)12-24-8-10-25(11-9-24)20(27)18-13-28-16-4-2-3-5-17(16)29-18/h2-5,15,18H,6-13H2,1H3,(H,23,26)/p+1/t18-,21-/m1/s1. The van der Waals surface area contributed by atoms with Gasteiger partial charge in [-0.15, -0.1) is 0 Å². The number of hydrogen-bond acceptors (Lipinski definition) is 5. The van der Waals surface area contributed by atoms with Crippen LogP contribution in [0, 0.1) is 17.2 Å². The van der Waals surface area contributed by atoms with Gasteiger partial charge in [-0.05, 0) is 37.8 Å². The number of benzene rings is 1. The molecule has 1 aromatic rings. The van der Waals surface area contributed by atoms with Gasteiger partial charge in [0.25, 0.3) is 11.8 Å². The lowest BCUT2D eigenvalue weighted by Crippen LogP contribution is -3.16. The van der Waals surface area contributed by atoms with Crippen LogP contribution in [0.1, 0.15) is 19.8 Å². The maximum Gasteiger partial charge on any atom is 0.276 e. The minimum Gasteiger partial charge on any atom is -0.485 e. The summed E-state index contributed by atoms with van der Waals surface area (Å²) in [4.78, 5) is 28.1. The number of hydrogen-bond donors (Lipinski definition) is 2. The lowest BCUT2D eigenvalue weighted by Gasteiger charge is -2.35. The number of nitriles is 1. The first-order chi connectivity index (χ1) is 14.0. The van der Waals surface area contributed by atoms with Gasteiger partial charge >= 0.3 is 0 Å². The zero-order chi connectivity index (χ0) is 20.4. The summed E-state index contributed by atoms with van der Waals surface area (Å²) < 4.78 is 11.5. The summed E-state index contributed by atoms with van der Waals surface area (Å²) in [5.41, 5.74) is -0.761. The van der Waals surface area contributed by atoms with Gasteiger partial charge in [0.2, 0.25) is 6.10 Å². The topological polar surface area (TPSA) is 96.1 Å². The van der Waals surface area contributed by atoms with Gasteiger partial charge in [-0.1, -0.05) is 12.1 Å². The number of piperazine rings is 1. The Balaban J connectivity index is 1.25. The van der Waals surface area contributed by atoms with Crippen LogP contribution < -0.4 is 19.7 Å². The molecule has 1 aliphatic carbocycles. The lowest BCUT2D eigenvalue weighted by atomic mass is 9.98. The molecular formula is C21H27N4O4+. The predicted octanol–water partition coefficient (Wildman–Crippen LogP) is -0.638. The largest absolute Gasteiger partial charge is 0.485 e. The molecule has 0 spiro atoms. The average Bonchev–Trinajstić information content (AvgIpc) is 3.59. The number of nitrogens with one attached hydrogen (secondary N) is 2. The van der Waals surface area contributed by atoms with Gasteiger partial charge in [0.1, 0.15) is 12.1 Å². The summed E-state index contributed by atoms with van der Waals surface area (Å²) >= 11 is 0. The average molecular weight is 399 g/mol. The third-order valence-corrected chi connectivity index (χ3v) is 6.00. The molecular weight excluding hydrogens is 372 g/mol. The highest BCUT2D eigenvalue weighted by Crippen LogP contribution is 2.39. The Morgan fingerprint density at radius 1 is 1.28 bits per heavy atom. The van der Waals surface area contributed by atoms with E-state index in [4.69, 9.17) is 9.47 Å². The molecule has 2 aliphatic heterocycles. The van der Waals surface area contributed by atoms with Crippen LogP contribution in [0.25, 0.3) is 0 Å². The van der Waals surface area contributed by atoms with E-state index in [9.17, 15) is 14.9 Å². The number of amides is 2. The Labute approximate surface area is 170 Å². The van der Waals surface area contributed by atoms with Crippen LogP contribution in [0.15, 0.2) is 24.3 Å². The molecule has 0 radical (unpaired) electrons. The summed E-state index contributed by atoms with van der Waals surface area (Å²) in [7, 11) is 0. The van der Waals surface area contributed by atoms with E-state index in [-0.39, 0.29) is 24.3 Å². The minimum absolute atomic E-state index is 0.0752. The van der Waals surface area contributed by atoms with Gasteiger partial charge in [-0.3, -0.25) is 9.59 Å². The summed E-state index contributed by atoms with van der Waals surface area (Å²) in [6, 6.07) is 9.59. The van der Waals surface area contributed by atoms with Crippen LogP contribution in [0.5, 0.6) is 11.5 Å². The second kappa shape index (κ2) is 7.91. The molecule has 0 unspecified atom stereocenters. The fourth-order valence-electron chi connectivity index (χ4n) is 4.01. The number of quaternary nitrogens is 1. The van der Waals surface area contributed by atoms with Crippen LogP contribution in [0.2, 0.25) is 0 Å². The quantitative estimate of drug-likeness (QED) is 0.687. The molecule has 0 bridgehead atoms. The second-order valence-electron chi connectivity index (χ2n) is 8.25. The van der Waals surface area contributed by atoms with E-state index < -0.39 is 11.6 Å². The van der Waals surface area contributed by atoms with Crippen molar-refractivity contribution >= 4 is 11.8 Å². The summed E-state index contributed by atoms with van der Waals surface area (Å²) in [6.45, 7) is 4.86. The van der Waals surface area contributed by atoms with Crippen molar-refractivity contribution in [3.63, 3.8) is 0 Å². The van der Waals surface area contributed by atoms with E-state index in [1.54, 1.807) is 17.9 Å². The van der Waals surface area contributed by atoms with Gasteiger partial charge in [0.05, 0.1) is 32.2 Å². The maximum atomic E-state index is 12.8. The highest BCUT2D eigenvalue weighted by Gasteiger charge is 2.43. The van der Waals surface area contributed by atoms with Gasteiger partial charge in [-0.2, -0.15) is 5.26 Å². The summed E-state index contributed by atoms with van der Waals surface area (Å²) in [6.07, 6.45) is 1.36. The number of nitrogens with zero attached hydrogens (tertiary/aromatic N) is 2. The zero-order valence-corrected chi connectivity index (χ0v) is 16.6. The van der Waals surface area contributed by atoms with E-state index in [0.29, 0.717) is 44.2 Å². The Hall–Kier alpha value is -2.79. The first kappa shape index (κ1) is 19.5. The molecule has 1 saturated carbocycles. The second-order valence-corrected chi connectivity index (χ2v) is 8.25. The van der Waals surface area contributed by atoms with Crippen molar-refractivity contribution in [1.29, 1.82) is 5.26 Å². The number of carbonyl (C=O) groups excluding carboxylic acids is 2. The zero-order valence-electron chi connectivity index (χ0n) is 16.6. The predicted molar refractivity (Wildman–Crippen MR) is 103 cm³/mol. The van der Waals surface area contributed by atoms with Crippen molar-refractivity contribution < 1.29 is 24.0 Å². The van der Waals surface area contributed by atoms with Crippen molar-refractivity contribution in [1.82, 2.24) is 10.2 Å². The molecule has 154 valence electrons. The molecule has 2 amide bonds. The normalized spacial score (nSPS) is 23.6. The molecule has 2 N–H and O–H groups in total. The number of para-hydroxylation sites is 2. The molecule has 3 aliphatic rings. The molecule has 1 saturated heterocycles. The van der Waals surface area contributed by atoms with Crippen molar-refractivity contribution in [2.75, 3.05) is 39.3 Å². The molecule has 2 heterocycles. The molecule has 0 aromatic heterocycles. The fourth-order valence-corrected chi connectivity index (χ4v) is 4.01. The third kappa shape index (κ3) is 4.30. The first-order valence-corrected chi connectivity index (χ1v) is 10.2. The van der Waals surface area contributed by atoms with E-state index in [2.05, 4.69) is 11.4 Å². The molecule has 4 rings (SSSR count). The van der Waals surface area contributed by atoms with Crippen molar-refractivity contribution in [2.24, 2.45) is 5.92 Å². The van der Waals surface area contributed by atoms with Crippen molar-refractivity contribution in [3.05, 3.63) is 24.3 Å². The van der Waals surface area contributed by atoms with E-state index in [1.165, 1.54) is 0 Å². The highest BCUT2D eigenvalue weighted by molar-refractivity contribution is 5.82. The minimum atomic E-state index is -0.761. The van der Waals surface area contributed by atoms with E-state index in [0.717, 1.165) is 17.7 Å². The van der Waals surface area contributed by atoms with Crippen LogP contribution in [-0.2, 0) is 9.59 Å². The summed E-state index contributed by atoms with van der Waals surface area (Å²) in [5.74, 6) is 1.34. The number of carbonyl (C=O) groups is 2. The van der Waals surface area contributed by atoms with Gasteiger partial charge in [-0.25, -0.2) is 0 Å². The van der Waals surface area contributed by atoms with E-state index in [1.807, 2.05) is 18.2 Å². The monoisotopic (exact) mass is 399 g/mol. The molecule has 8 nitrogen and oxygen atoms in total. The number of rotatable bonds is 5. The van der Waals surface area contributed by atoms with Gasteiger partial charge in [0, 0.05) is 0 Å². The van der Waals surface area contributed by atoms with Crippen LogP contribution in [0.4, 0.5) is 0 Å². The lowest BCUT2D eigenvalue weighted by molar-refractivity contribution is -0.896. The smallest absolute Gasteiger partial charge is 0.276 e. The highest BCUT2D eigenvalue weighted by atomic mass is 16.6. The molecule has 8 heteroatoms. The van der Waals surface area contributed by atoms with Crippen LogP contribution >= 0.6 is 0 Å². The van der Waals surface area contributed by atoms with Crippen molar-refractivity contribution in [3.8, 4) is 17.6 Å². The Bertz CT molecular complexity index is 826. The van der Waals surface area contributed by atoms with Gasteiger partial charge < -0.3 is 24.6 Å². The molecule has 2 fully saturated rings. The van der Waals surface area contributed by atoms with E-state index >= 15 is 0 Å². The summed E-state index contributed by atoms with van der Waals surface area (Å²) in [5, 5.41) is 12.3. The molecule has 1 aromatic carbocycles. The Morgan fingerprint density at radius 3 is 2.62 bits per heavy atom. The first-order valence-electron chi connectivity index (χ1n) is 10.2. The maximum absolute atomic E-state index is 12.8.